The molecule has 1 aromatic rings. The Bertz CT molecular complexity index is 392. The van der Waals surface area contributed by atoms with Crippen molar-refractivity contribution in [3.63, 3.8) is 0 Å². The predicted octanol–water partition coefficient (Wildman–Crippen LogP) is 3.76. The van der Waals surface area contributed by atoms with E-state index in [1.807, 2.05) is 0 Å². The Hall–Kier alpha value is -0.390. The molecule has 0 unspecified atom stereocenters. The summed E-state index contributed by atoms with van der Waals surface area (Å²) in [7, 11) is 0. The summed E-state index contributed by atoms with van der Waals surface area (Å²) in [6, 6.07) is 3.16. The van der Waals surface area contributed by atoms with Crippen LogP contribution in [0, 0.1) is 0 Å². The molecule has 1 aromatic carbocycles. The molecule has 0 saturated heterocycles. The third kappa shape index (κ3) is 2.80. The average molecular weight is 342 g/mol. The summed E-state index contributed by atoms with van der Waals surface area (Å²) in [5, 5.41) is 0. The minimum absolute atomic E-state index is 0.114. The fraction of sp³-hybridized carbons (Fsp3) is 0. The lowest BCUT2D eigenvalue weighted by Gasteiger charge is -2.06. The van der Waals surface area contributed by atoms with Crippen molar-refractivity contribution in [2.75, 3.05) is 0 Å². The van der Waals surface area contributed by atoms with Gasteiger partial charge in [-0.2, -0.15) is 0 Å². The van der Waals surface area contributed by atoms with Gasteiger partial charge in [0.15, 0.2) is 12.0 Å². The zero-order chi connectivity index (χ0) is 10.7. The van der Waals surface area contributed by atoms with Crippen LogP contribution >= 0.6 is 43.5 Å². The maximum absolute atomic E-state index is 10.6. The summed E-state index contributed by atoms with van der Waals surface area (Å²) in [5.74, 6) is 0.114. The first-order chi connectivity index (χ1) is 6.54. The SMILES string of the molecule is O=Cc1cc(Br)cc(Br)c1OC(=O)Cl. The van der Waals surface area contributed by atoms with Gasteiger partial charge >= 0.3 is 5.43 Å². The highest BCUT2D eigenvalue weighted by molar-refractivity contribution is 9.11. The normalized spacial score (nSPS) is 9.64. The molecule has 1 rings (SSSR count). The van der Waals surface area contributed by atoms with Gasteiger partial charge in [-0.05, 0) is 28.1 Å². The van der Waals surface area contributed by atoms with Crippen LogP contribution in [0.3, 0.4) is 0 Å². The second kappa shape index (κ2) is 4.91. The maximum Gasteiger partial charge on any atom is 0.409 e. The van der Waals surface area contributed by atoms with Crippen molar-refractivity contribution >= 4 is 55.2 Å². The average Bonchev–Trinajstić information content (AvgIpc) is 2.08. The topological polar surface area (TPSA) is 43.4 Å². The minimum Gasteiger partial charge on any atom is -0.413 e. The van der Waals surface area contributed by atoms with Gasteiger partial charge in [-0.3, -0.25) is 4.79 Å². The highest BCUT2D eigenvalue weighted by atomic mass is 79.9. The number of carbonyl (C=O) groups is 2. The summed E-state index contributed by atoms with van der Waals surface area (Å²) < 4.78 is 5.82. The maximum atomic E-state index is 10.6. The van der Waals surface area contributed by atoms with Gasteiger partial charge in [0.2, 0.25) is 0 Å². The third-order valence-corrected chi connectivity index (χ3v) is 2.47. The molecule has 0 radical (unpaired) electrons. The van der Waals surface area contributed by atoms with E-state index in [1.54, 1.807) is 6.07 Å². The van der Waals surface area contributed by atoms with E-state index in [9.17, 15) is 9.59 Å². The van der Waals surface area contributed by atoms with E-state index in [1.165, 1.54) is 6.07 Å². The highest BCUT2D eigenvalue weighted by Gasteiger charge is 2.12. The summed E-state index contributed by atoms with van der Waals surface area (Å²) in [6.07, 6.45) is 0.574. The molecule has 0 aliphatic rings. The lowest BCUT2D eigenvalue weighted by molar-refractivity contribution is 0.112. The lowest BCUT2D eigenvalue weighted by atomic mass is 10.2. The van der Waals surface area contributed by atoms with E-state index < -0.39 is 5.43 Å². The number of halogens is 3. The number of benzene rings is 1. The number of ether oxygens (including phenoxy) is 1. The molecule has 74 valence electrons. The molecule has 0 aliphatic heterocycles. The Morgan fingerprint density at radius 3 is 2.57 bits per heavy atom. The monoisotopic (exact) mass is 340 g/mol. The standard InChI is InChI=1S/C8H3Br2ClO3/c9-5-1-4(3-12)7(6(10)2-5)14-8(11)13/h1-3H. The molecule has 14 heavy (non-hydrogen) atoms. The van der Waals surface area contributed by atoms with Gasteiger partial charge in [0, 0.05) is 16.1 Å². The number of rotatable bonds is 2. The molecule has 0 amide bonds. The molecule has 0 saturated carbocycles. The summed E-state index contributed by atoms with van der Waals surface area (Å²) in [6.45, 7) is 0. The van der Waals surface area contributed by atoms with E-state index in [4.69, 9.17) is 11.6 Å². The van der Waals surface area contributed by atoms with Crippen LogP contribution in [0.25, 0.3) is 0 Å². The Kier molecular flexibility index (Phi) is 4.10. The molecule has 6 heteroatoms. The van der Waals surface area contributed by atoms with E-state index in [0.717, 1.165) is 0 Å². The second-order valence-electron chi connectivity index (χ2n) is 2.26. The van der Waals surface area contributed by atoms with Gasteiger partial charge in [0.25, 0.3) is 0 Å². The van der Waals surface area contributed by atoms with Crippen molar-refractivity contribution in [3.05, 3.63) is 26.6 Å². The van der Waals surface area contributed by atoms with E-state index in [2.05, 4.69) is 36.6 Å². The van der Waals surface area contributed by atoms with Crippen LogP contribution in [0.4, 0.5) is 4.79 Å². The van der Waals surface area contributed by atoms with Crippen molar-refractivity contribution in [1.29, 1.82) is 0 Å². The van der Waals surface area contributed by atoms with E-state index in [-0.39, 0.29) is 11.3 Å². The number of hydrogen-bond donors (Lipinski definition) is 0. The molecule has 0 spiro atoms. The Balaban J connectivity index is 3.24. The fourth-order valence-electron chi connectivity index (χ4n) is 0.856. The van der Waals surface area contributed by atoms with Crippen LogP contribution < -0.4 is 4.74 Å². The quantitative estimate of drug-likeness (QED) is 0.607. The van der Waals surface area contributed by atoms with Gasteiger partial charge in [0.1, 0.15) is 0 Å². The Labute approximate surface area is 102 Å². The second-order valence-corrected chi connectivity index (χ2v) is 4.34. The highest BCUT2D eigenvalue weighted by Crippen LogP contribution is 2.32. The molecular formula is C8H3Br2ClO3. The zero-order valence-electron chi connectivity index (χ0n) is 6.59. The van der Waals surface area contributed by atoms with Crippen LogP contribution in [0.5, 0.6) is 5.75 Å². The predicted molar refractivity (Wildman–Crippen MR) is 59.1 cm³/mol. The third-order valence-electron chi connectivity index (χ3n) is 1.35. The molecule has 0 atom stereocenters. The molecule has 0 fully saturated rings. The van der Waals surface area contributed by atoms with Gasteiger partial charge in [-0.1, -0.05) is 15.9 Å². The van der Waals surface area contributed by atoms with E-state index in [0.29, 0.717) is 15.2 Å². The van der Waals surface area contributed by atoms with Crippen LogP contribution in [0.1, 0.15) is 10.4 Å². The molecule has 3 nitrogen and oxygen atoms in total. The first-order valence-electron chi connectivity index (χ1n) is 3.36. The zero-order valence-corrected chi connectivity index (χ0v) is 10.5. The smallest absolute Gasteiger partial charge is 0.409 e. The largest absolute Gasteiger partial charge is 0.413 e. The fourth-order valence-corrected chi connectivity index (χ4v) is 2.27. The molecule has 0 bridgehead atoms. The van der Waals surface area contributed by atoms with Crippen LogP contribution in [-0.4, -0.2) is 11.7 Å². The van der Waals surface area contributed by atoms with E-state index >= 15 is 0 Å². The molecule has 0 heterocycles. The number of carbonyl (C=O) groups excluding carboxylic acids is 2. The van der Waals surface area contributed by atoms with Gasteiger partial charge in [0.05, 0.1) is 10.0 Å². The molecule has 0 N–H and O–H groups in total. The number of hydrogen-bond acceptors (Lipinski definition) is 3. The van der Waals surface area contributed by atoms with Crippen LogP contribution in [0.15, 0.2) is 21.1 Å². The number of aldehydes is 1. The van der Waals surface area contributed by atoms with Gasteiger partial charge < -0.3 is 4.74 Å². The lowest BCUT2D eigenvalue weighted by Crippen LogP contribution is -2.00. The molecular weight excluding hydrogens is 339 g/mol. The summed E-state index contributed by atoms with van der Waals surface area (Å²) in [4.78, 5) is 21.2. The molecule has 0 aromatic heterocycles. The summed E-state index contributed by atoms with van der Waals surface area (Å²) >= 11 is 11.4. The first-order valence-corrected chi connectivity index (χ1v) is 5.32. The van der Waals surface area contributed by atoms with Crippen molar-refractivity contribution in [3.8, 4) is 5.75 Å². The first kappa shape index (κ1) is 11.7. The van der Waals surface area contributed by atoms with Crippen LogP contribution in [-0.2, 0) is 0 Å². The Morgan fingerprint density at radius 1 is 1.43 bits per heavy atom. The Morgan fingerprint density at radius 2 is 2.07 bits per heavy atom. The van der Waals surface area contributed by atoms with Crippen molar-refractivity contribution in [1.82, 2.24) is 0 Å². The summed E-state index contributed by atoms with van der Waals surface area (Å²) in [5.41, 5.74) is -0.753. The van der Waals surface area contributed by atoms with Crippen molar-refractivity contribution in [2.24, 2.45) is 0 Å². The van der Waals surface area contributed by atoms with Crippen molar-refractivity contribution < 1.29 is 14.3 Å². The van der Waals surface area contributed by atoms with Crippen LogP contribution in [0.2, 0.25) is 0 Å². The van der Waals surface area contributed by atoms with Gasteiger partial charge in [-0.15, -0.1) is 0 Å². The van der Waals surface area contributed by atoms with Crippen molar-refractivity contribution in [2.45, 2.75) is 0 Å². The minimum atomic E-state index is -0.990. The molecule has 0 aliphatic carbocycles. The van der Waals surface area contributed by atoms with Gasteiger partial charge in [-0.25, -0.2) is 4.79 Å².